The number of benzene rings is 1. The predicted octanol–water partition coefficient (Wildman–Crippen LogP) is 0.0751. The maximum Gasteiger partial charge on any atom is 0.405 e. The molecule has 0 unspecified atom stereocenters. The highest BCUT2D eigenvalue weighted by atomic mass is 16.4. The minimum Gasteiger partial charge on any atom is -0.465 e. The van der Waals surface area contributed by atoms with E-state index in [1.165, 1.54) is 6.92 Å². The standard InChI is InChI=1S/C13H17N3O4/c1-9(16-11(17)8-15-13(19)20)12(18)14-7-10-5-3-2-4-6-10/h2-6,9,15H,7-8H2,1H3,(H,14,18)(H,16,17)(H,19,20)/t9-/m0/s1. The third-order valence-electron chi connectivity index (χ3n) is 2.48. The summed E-state index contributed by atoms with van der Waals surface area (Å²) in [5, 5.41) is 15.3. The van der Waals surface area contributed by atoms with Crippen LogP contribution in [0.3, 0.4) is 0 Å². The summed E-state index contributed by atoms with van der Waals surface area (Å²) in [5.74, 6) is -0.896. The topological polar surface area (TPSA) is 108 Å². The summed E-state index contributed by atoms with van der Waals surface area (Å²) < 4.78 is 0. The fourth-order valence-electron chi connectivity index (χ4n) is 1.45. The van der Waals surface area contributed by atoms with Gasteiger partial charge in [-0.3, -0.25) is 9.59 Å². The van der Waals surface area contributed by atoms with E-state index in [9.17, 15) is 14.4 Å². The summed E-state index contributed by atoms with van der Waals surface area (Å²) in [4.78, 5) is 33.3. The van der Waals surface area contributed by atoms with Crippen LogP contribution in [0.4, 0.5) is 4.79 Å². The van der Waals surface area contributed by atoms with Crippen molar-refractivity contribution in [2.45, 2.75) is 19.5 Å². The Morgan fingerprint density at radius 2 is 1.80 bits per heavy atom. The van der Waals surface area contributed by atoms with Crippen LogP contribution in [0.1, 0.15) is 12.5 Å². The molecule has 0 bridgehead atoms. The molecular formula is C13H17N3O4. The van der Waals surface area contributed by atoms with Crippen molar-refractivity contribution in [2.75, 3.05) is 6.54 Å². The Balaban J connectivity index is 2.32. The minimum absolute atomic E-state index is 0.336. The zero-order valence-corrected chi connectivity index (χ0v) is 11.1. The molecule has 0 saturated carbocycles. The van der Waals surface area contributed by atoms with Gasteiger partial charge in [0.25, 0.3) is 0 Å². The van der Waals surface area contributed by atoms with Gasteiger partial charge in [-0.25, -0.2) is 4.79 Å². The second-order valence-corrected chi connectivity index (χ2v) is 4.15. The highest BCUT2D eigenvalue weighted by Gasteiger charge is 2.15. The van der Waals surface area contributed by atoms with Gasteiger partial charge in [-0.2, -0.15) is 0 Å². The zero-order chi connectivity index (χ0) is 15.0. The first-order chi connectivity index (χ1) is 9.49. The lowest BCUT2D eigenvalue weighted by atomic mass is 10.2. The molecule has 0 aliphatic carbocycles. The van der Waals surface area contributed by atoms with Gasteiger partial charge in [0.15, 0.2) is 0 Å². The highest BCUT2D eigenvalue weighted by Crippen LogP contribution is 1.97. The fraction of sp³-hybridized carbons (Fsp3) is 0.308. The Labute approximate surface area is 116 Å². The van der Waals surface area contributed by atoms with Gasteiger partial charge in [-0.1, -0.05) is 30.3 Å². The lowest BCUT2D eigenvalue weighted by molar-refractivity contribution is -0.128. The predicted molar refractivity (Wildman–Crippen MR) is 71.9 cm³/mol. The number of hydrogen-bond donors (Lipinski definition) is 4. The number of hydrogen-bond acceptors (Lipinski definition) is 3. The van der Waals surface area contributed by atoms with Crippen molar-refractivity contribution in [1.29, 1.82) is 0 Å². The summed E-state index contributed by atoms with van der Waals surface area (Å²) in [6.45, 7) is 1.51. The Morgan fingerprint density at radius 3 is 2.40 bits per heavy atom. The molecule has 1 rings (SSSR count). The molecule has 1 aromatic rings. The lowest BCUT2D eigenvalue weighted by Gasteiger charge is -2.14. The van der Waals surface area contributed by atoms with Gasteiger partial charge in [-0.05, 0) is 12.5 Å². The van der Waals surface area contributed by atoms with E-state index >= 15 is 0 Å². The quantitative estimate of drug-likeness (QED) is 0.591. The Morgan fingerprint density at radius 1 is 1.15 bits per heavy atom. The third-order valence-corrected chi connectivity index (χ3v) is 2.48. The molecule has 3 amide bonds. The van der Waals surface area contributed by atoms with E-state index in [4.69, 9.17) is 5.11 Å². The molecule has 7 heteroatoms. The van der Waals surface area contributed by atoms with Crippen LogP contribution in [0.15, 0.2) is 30.3 Å². The van der Waals surface area contributed by atoms with Gasteiger partial charge in [-0.15, -0.1) is 0 Å². The average molecular weight is 279 g/mol. The normalized spacial score (nSPS) is 11.2. The molecule has 4 N–H and O–H groups in total. The first-order valence-corrected chi connectivity index (χ1v) is 6.07. The second-order valence-electron chi connectivity index (χ2n) is 4.15. The second kappa shape index (κ2) is 7.78. The number of rotatable bonds is 6. The molecule has 1 atom stereocenters. The van der Waals surface area contributed by atoms with Gasteiger partial charge in [0.1, 0.15) is 12.6 Å². The van der Waals surface area contributed by atoms with E-state index in [1.54, 1.807) is 0 Å². The van der Waals surface area contributed by atoms with Crippen LogP contribution in [0.2, 0.25) is 0 Å². The van der Waals surface area contributed by atoms with Crippen LogP contribution in [-0.4, -0.2) is 35.6 Å². The number of carbonyl (C=O) groups excluding carboxylic acids is 2. The van der Waals surface area contributed by atoms with Crippen molar-refractivity contribution in [3.05, 3.63) is 35.9 Å². The molecule has 0 aliphatic heterocycles. The van der Waals surface area contributed by atoms with E-state index in [0.717, 1.165) is 5.56 Å². The molecule has 0 heterocycles. The van der Waals surface area contributed by atoms with Gasteiger partial charge >= 0.3 is 6.09 Å². The Bertz CT molecular complexity index is 476. The maximum atomic E-state index is 11.7. The van der Waals surface area contributed by atoms with Crippen LogP contribution < -0.4 is 16.0 Å². The van der Waals surface area contributed by atoms with Crippen molar-refractivity contribution in [3.8, 4) is 0 Å². The summed E-state index contributed by atoms with van der Waals surface area (Å²) in [6.07, 6.45) is -1.29. The molecule has 108 valence electrons. The van der Waals surface area contributed by atoms with Crippen LogP contribution >= 0.6 is 0 Å². The highest BCUT2D eigenvalue weighted by molar-refractivity contribution is 5.88. The summed E-state index contributed by atoms with van der Waals surface area (Å²) >= 11 is 0. The van der Waals surface area contributed by atoms with E-state index in [0.29, 0.717) is 6.54 Å². The smallest absolute Gasteiger partial charge is 0.405 e. The third kappa shape index (κ3) is 5.85. The largest absolute Gasteiger partial charge is 0.465 e. The molecule has 7 nitrogen and oxygen atoms in total. The summed E-state index contributed by atoms with van der Waals surface area (Å²) in [7, 11) is 0. The minimum atomic E-state index is -1.29. The molecule has 0 aromatic heterocycles. The number of nitrogens with one attached hydrogen (secondary N) is 3. The monoisotopic (exact) mass is 279 g/mol. The molecular weight excluding hydrogens is 262 g/mol. The van der Waals surface area contributed by atoms with Crippen LogP contribution in [-0.2, 0) is 16.1 Å². The maximum absolute atomic E-state index is 11.7. The van der Waals surface area contributed by atoms with Gasteiger partial charge in [0.05, 0.1) is 0 Å². The lowest BCUT2D eigenvalue weighted by Crippen LogP contribution is -2.47. The van der Waals surface area contributed by atoms with Crippen LogP contribution in [0.25, 0.3) is 0 Å². The van der Waals surface area contributed by atoms with Crippen LogP contribution in [0, 0.1) is 0 Å². The van der Waals surface area contributed by atoms with Gasteiger partial charge < -0.3 is 21.1 Å². The number of amides is 3. The Kier molecular flexibility index (Phi) is 6.02. The Hall–Kier alpha value is -2.57. The first kappa shape index (κ1) is 15.5. The number of carbonyl (C=O) groups is 3. The van der Waals surface area contributed by atoms with Crippen molar-refractivity contribution in [2.24, 2.45) is 0 Å². The van der Waals surface area contributed by atoms with Crippen molar-refractivity contribution < 1.29 is 19.5 Å². The molecule has 20 heavy (non-hydrogen) atoms. The van der Waals surface area contributed by atoms with E-state index in [2.05, 4.69) is 10.6 Å². The van der Waals surface area contributed by atoms with Gasteiger partial charge in [0, 0.05) is 6.54 Å². The average Bonchev–Trinajstić information content (AvgIpc) is 2.43. The molecule has 0 aliphatic rings. The molecule has 0 saturated heterocycles. The molecule has 0 fully saturated rings. The first-order valence-electron chi connectivity index (χ1n) is 6.07. The zero-order valence-electron chi connectivity index (χ0n) is 11.1. The summed E-state index contributed by atoms with van der Waals surface area (Å²) in [6, 6.07) is 8.63. The van der Waals surface area contributed by atoms with E-state index in [-0.39, 0.29) is 12.5 Å². The molecule has 0 spiro atoms. The fourth-order valence-corrected chi connectivity index (χ4v) is 1.45. The molecule has 1 aromatic carbocycles. The van der Waals surface area contributed by atoms with Gasteiger partial charge in [0.2, 0.25) is 11.8 Å². The van der Waals surface area contributed by atoms with Crippen molar-refractivity contribution in [3.63, 3.8) is 0 Å². The van der Waals surface area contributed by atoms with E-state index < -0.39 is 18.0 Å². The van der Waals surface area contributed by atoms with Crippen molar-refractivity contribution in [1.82, 2.24) is 16.0 Å². The summed E-state index contributed by atoms with van der Waals surface area (Å²) in [5.41, 5.74) is 0.951. The molecule has 0 radical (unpaired) electrons. The van der Waals surface area contributed by atoms with Crippen LogP contribution in [0.5, 0.6) is 0 Å². The SMILES string of the molecule is C[C@H](NC(=O)CNC(=O)O)C(=O)NCc1ccccc1. The number of carboxylic acid groups (broad SMARTS) is 1. The van der Waals surface area contributed by atoms with E-state index in [1.807, 2.05) is 35.6 Å². The van der Waals surface area contributed by atoms with Crippen molar-refractivity contribution >= 4 is 17.9 Å².